The first-order valence-corrected chi connectivity index (χ1v) is 9.19. The van der Waals surface area contributed by atoms with E-state index in [0.717, 1.165) is 20.6 Å². The Kier molecular flexibility index (Phi) is 5.26. The van der Waals surface area contributed by atoms with Crippen LogP contribution in [-0.2, 0) is 0 Å². The van der Waals surface area contributed by atoms with Crippen molar-refractivity contribution in [3.63, 3.8) is 0 Å². The third-order valence-corrected chi connectivity index (χ3v) is 5.21. The monoisotopic (exact) mass is 425 g/mol. The number of nitro groups is 1. The topological polar surface area (TPSA) is 79.8 Å². The van der Waals surface area contributed by atoms with Gasteiger partial charge >= 0.3 is 0 Å². The summed E-state index contributed by atoms with van der Waals surface area (Å²) in [6, 6.07) is 16.1. The molecule has 0 aliphatic carbocycles. The molecule has 0 aliphatic heterocycles. The number of nitro benzene ring substituents is 1. The molecular weight excluding hydrogens is 414 g/mol. The van der Waals surface area contributed by atoms with Crippen molar-refractivity contribution in [1.82, 2.24) is 4.98 Å². The molecule has 3 aromatic rings. The van der Waals surface area contributed by atoms with Crippen LogP contribution >= 0.6 is 27.3 Å². The zero-order valence-electron chi connectivity index (χ0n) is 13.6. The number of thiazole rings is 1. The largest absolute Gasteiger partial charge is 0.269 e. The minimum atomic E-state index is -0.451. The van der Waals surface area contributed by atoms with E-state index in [2.05, 4.69) is 27.0 Å². The lowest BCUT2D eigenvalue weighted by Crippen LogP contribution is -1.87. The summed E-state index contributed by atoms with van der Waals surface area (Å²) in [7, 11) is 0. The van der Waals surface area contributed by atoms with Gasteiger partial charge in [0.25, 0.3) is 5.69 Å². The van der Waals surface area contributed by atoms with Crippen molar-refractivity contribution in [1.29, 1.82) is 5.26 Å². The van der Waals surface area contributed by atoms with Crippen molar-refractivity contribution in [2.24, 2.45) is 0 Å². The molecule has 128 valence electrons. The van der Waals surface area contributed by atoms with Gasteiger partial charge < -0.3 is 0 Å². The highest BCUT2D eigenvalue weighted by Crippen LogP contribution is 2.32. The number of hydrogen-bond donors (Lipinski definition) is 0. The van der Waals surface area contributed by atoms with Crippen LogP contribution < -0.4 is 0 Å². The zero-order valence-corrected chi connectivity index (χ0v) is 16.0. The Morgan fingerprint density at radius 2 is 1.88 bits per heavy atom. The molecule has 0 atom stereocenters. The maximum Gasteiger partial charge on any atom is 0.269 e. The summed E-state index contributed by atoms with van der Waals surface area (Å²) in [5.74, 6) is 0. The van der Waals surface area contributed by atoms with Crippen LogP contribution in [0.1, 0.15) is 15.4 Å². The summed E-state index contributed by atoms with van der Waals surface area (Å²) in [5.41, 5.74) is 2.99. The molecule has 26 heavy (non-hydrogen) atoms. The Morgan fingerprint density at radius 1 is 1.23 bits per heavy atom. The van der Waals surface area contributed by atoms with Gasteiger partial charge in [-0.1, -0.05) is 28.1 Å². The van der Waals surface area contributed by atoms with Crippen LogP contribution in [0, 0.1) is 28.4 Å². The molecule has 2 aromatic carbocycles. The van der Waals surface area contributed by atoms with Crippen molar-refractivity contribution >= 4 is 44.6 Å². The van der Waals surface area contributed by atoms with Crippen LogP contribution in [0.25, 0.3) is 22.9 Å². The van der Waals surface area contributed by atoms with Gasteiger partial charge in [-0.05, 0) is 42.8 Å². The fourth-order valence-corrected chi connectivity index (χ4v) is 3.55. The van der Waals surface area contributed by atoms with Gasteiger partial charge in [0.15, 0.2) is 0 Å². The average Bonchev–Trinajstić information content (AvgIpc) is 3.02. The van der Waals surface area contributed by atoms with E-state index >= 15 is 0 Å². The second kappa shape index (κ2) is 7.60. The smallest absolute Gasteiger partial charge is 0.258 e. The summed E-state index contributed by atoms with van der Waals surface area (Å²) < 4.78 is 0.991. The lowest BCUT2D eigenvalue weighted by Gasteiger charge is -1.98. The van der Waals surface area contributed by atoms with E-state index in [1.807, 2.05) is 31.2 Å². The second-order valence-corrected chi connectivity index (χ2v) is 7.57. The fraction of sp³-hybridized carbons (Fsp3) is 0.0526. The van der Waals surface area contributed by atoms with E-state index in [-0.39, 0.29) is 5.69 Å². The normalized spacial score (nSPS) is 11.2. The van der Waals surface area contributed by atoms with Gasteiger partial charge in [-0.25, -0.2) is 4.98 Å². The Labute approximate surface area is 162 Å². The lowest BCUT2D eigenvalue weighted by atomic mass is 10.1. The molecule has 0 radical (unpaired) electrons. The van der Waals surface area contributed by atoms with Crippen LogP contribution in [-0.4, -0.2) is 9.91 Å². The minimum absolute atomic E-state index is 0.0169. The molecule has 0 unspecified atom stereocenters. The standard InChI is InChI=1S/C19H12BrN3O2S/c1-12-18(14-4-6-16(20)7-5-14)22-19(26-12)15(11-21)10-13-2-8-17(9-3-13)23(24)25/h2-10H,1H3/b15-10+. The molecule has 1 aromatic heterocycles. The SMILES string of the molecule is Cc1sc(/C(C#N)=C/c2ccc([N+](=O)[O-])cc2)nc1-c1ccc(Br)cc1. The zero-order chi connectivity index (χ0) is 18.7. The lowest BCUT2D eigenvalue weighted by molar-refractivity contribution is -0.384. The molecule has 0 spiro atoms. The van der Waals surface area contributed by atoms with Gasteiger partial charge in [0.05, 0.1) is 16.2 Å². The van der Waals surface area contributed by atoms with Crippen molar-refractivity contribution in [2.75, 3.05) is 0 Å². The highest BCUT2D eigenvalue weighted by Gasteiger charge is 2.13. The molecule has 0 fully saturated rings. The number of hydrogen-bond acceptors (Lipinski definition) is 5. The van der Waals surface area contributed by atoms with Crippen LogP contribution in [0.15, 0.2) is 53.0 Å². The molecular formula is C19H12BrN3O2S. The highest BCUT2D eigenvalue weighted by atomic mass is 79.9. The van der Waals surface area contributed by atoms with Crippen molar-refractivity contribution in [3.05, 3.63) is 78.6 Å². The minimum Gasteiger partial charge on any atom is -0.258 e. The van der Waals surface area contributed by atoms with Crippen LogP contribution in [0.5, 0.6) is 0 Å². The summed E-state index contributed by atoms with van der Waals surface area (Å²) in [6.45, 7) is 1.97. The van der Waals surface area contributed by atoms with E-state index < -0.39 is 4.92 Å². The molecule has 0 amide bonds. The maximum atomic E-state index is 10.7. The number of aryl methyl sites for hydroxylation is 1. The molecule has 0 N–H and O–H groups in total. The van der Waals surface area contributed by atoms with Gasteiger partial charge in [-0.2, -0.15) is 5.26 Å². The Bertz CT molecular complexity index is 1030. The van der Waals surface area contributed by atoms with Gasteiger partial charge in [0, 0.05) is 27.0 Å². The first-order chi connectivity index (χ1) is 12.5. The van der Waals surface area contributed by atoms with Crippen molar-refractivity contribution < 1.29 is 4.92 Å². The van der Waals surface area contributed by atoms with E-state index in [9.17, 15) is 15.4 Å². The molecule has 1 heterocycles. The van der Waals surface area contributed by atoms with Crippen LogP contribution in [0.3, 0.4) is 0 Å². The molecule has 0 aliphatic rings. The summed E-state index contributed by atoms with van der Waals surface area (Å²) in [4.78, 5) is 15.9. The number of nitriles is 1. The molecule has 5 nitrogen and oxygen atoms in total. The molecule has 7 heteroatoms. The predicted molar refractivity (Wildman–Crippen MR) is 107 cm³/mol. The molecule has 3 rings (SSSR count). The number of benzene rings is 2. The number of allylic oxidation sites excluding steroid dienone is 1. The summed E-state index contributed by atoms with van der Waals surface area (Å²) in [6.07, 6.45) is 1.69. The second-order valence-electron chi connectivity index (χ2n) is 5.45. The number of rotatable bonds is 4. The van der Waals surface area contributed by atoms with Crippen molar-refractivity contribution in [2.45, 2.75) is 6.92 Å². The quantitative estimate of drug-likeness (QED) is 0.298. The Hall–Kier alpha value is -2.82. The molecule has 0 saturated heterocycles. The number of nitrogens with zero attached hydrogens (tertiary/aromatic N) is 3. The van der Waals surface area contributed by atoms with E-state index in [1.165, 1.54) is 23.5 Å². The molecule has 0 saturated carbocycles. The van der Waals surface area contributed by atoms with E-state index in [4.69, 9.17) is 0 Å². The van der Waals surface area contributed by atoms with Gasteiger partial charge in [0.1, 0.15) is 11.1 Å². The average molecular weight is 426 g/mol. The molecule has 0 bridgehead atoms. The maximum absolute atomic E-state index is 10.7. The fourth-order valence-electron chi connectivity index (χ4n) is 2.39. The van der Waals surface area contributed by atoms with Gasteiger partial charge in [-0.15, -0.1) is 11.3 Å². The van der Waals surface area contributed by atoms with Gasteiger partial charge in [0.2, 0.25) is 0 Å². The van der Waals surface area contributed by atoms with E-state index in [1.54, 1.807) is 18.2 Å². The predicted octanol–water partition coefficient (Wildman–Crippen LogP) is 5.85. The first-order valence-electron chi connectivity index (χ1n) is 7.58. The first kappa shape index (κ1) is 18.0. The van der Waals surface area contributed by atoms with E-state index in [0.29, 0.717) is 16.1 Å². The Balaban J connectivity index is 1.96. The van der Waals surface area contributed by atoms with Crippen LogP contribution in [0.2, 0.25) is 0 Å². The Morgan fingerprint density at radius 3 is 2.46 bits per heavy atom. The third-order valence-electron chi connectivity index (χ3n) is 3.68. The number of non-ortho nitro benzene ring substituents is 1. The number of halogens is 1. The summed E-state index contributed by atoms with van der Waals surface area (Å²) in [5, 5.41) is 20.9. The van der Waals surface area contributed by atoms with Crippen LogP contribution in [0.4, 0.5) is 5.69 Å². The van der Waals surface area contributed by atoms with Crippen molar-refractivity contribution in [3.8, 4) is 17.3 Å². The van der Waals surface area contributed by atoms with Gasteiger partial charge in [-0.3, -0.25) is 10.1 Å². The third kappa shape index (κ3) is 3.87. The highest BCUT2D eigenvalue weighted by molar-refractivity contribution is 9.10. The number of aromatic nitrogens is 1. The summed E-state index contributed by atoms with van der Waals surface area (Å²) >= 11 is 4.87.